The van der Waals surface area contributed by atoms with Gasteiger partial charge in [-0.3, -0.25) is 0 Å². The van der Waals surface area contributed by atoms with Gasteiger partial charge < -0.3 is 5.32 Å². The van der Waals surface area contributed by atoms with E-state index in [9.17, 15) is 0 Å². The van der Waals surface area contributed by atoms with Crippen molar-refractivity contribution in [1.29, 1.82) is 0 Å². The maximum Gasteiger partial charge on any atom is 0.0348 e. The summed E-state index contributed by atoms with van der Waals surface area (Å²) in [6, 6.07) is 5.11. The summed E-state index contributed by atoms with van der Waals surface area (Å²) in [5.41, 5.74) is 4.30. The topological polar surface area (TPSA) is 12.0 Å². The van der Waals surface area contributed by atoms with Crippen LogP contribution in [-0.4, -0.2) is 6.04 Å². The third-order valence-electron chi connectivity index (χ3n) is 4.28. The molecule has 1 unspecified atom stereocenters. The fourth-order valence-electron chi connectivity index (χ4n) is 2.99. The predicted octanol–water partition coefficient (Wildman–Crippen LogP) is 5.45. The molecule has 1 aliphatic carbocycles. The maximum absolute atomic E-state index is 3.76. The molecular formula is C16H24BrN. The molecular weight excluding hydrogens is 286 g/mol. The molecule has 0 spiro atoms. The third-order valence-corrected chi connectivity index (χ3v) is 5.54. The Labute approximate surface area is 119 Å². The van der Waals surface area contributed by atoms with Gasteiger partial charge in [-0.15, -0.1) is 0 Å². The molecule has 0 aliphatic heterocycles. The zero-order valence-corrected chi connectivity index (χ0v) is 13.5. The van der Waals surface area contributed by atoms with E-state index in [2.05, 4.69) is 61.1 Å². The summed E-state index contributed by atoms with van der Waals surface area (Å²) in [4.78, 5) is 0. The van der Waals surface area contributed by atoms with E-state index in [1.54, 1.807) is 0 Å². The van der Waals surface area contributed by atoms with Crippen molar-refractivity contribution in [3.63, 3.8) is 0 Å². The Bertz CT molecular complexity index is 414. The standard InChI is InChI=1S/C16H24BrN/c1-11-9-13(10-12(2)15(11)17)18-14-7-5-6-8-16(14,3)4/h9-10,14,18H,5-8H2,1-4H3. The first kappa shape index (κ1) is 13.9. The van der Waals surface area contributed by atoms with Gasteiger partial charge in [0.2, 0.25) is 0 Å². The minimum absolute atomic E-state index is 0.410. The van der Waals surface area contributed by atoms with Crippen LogP contribution < -0.4 is 5.32 Å². The molecule has 1 N–H and O–H groups in total. The molecule has 0 radical (unpaired) electrons. The monoisotopic (exact) mass is 309 g/mol. The van der Waals surface area contributed by atoms with Crippen molar-refractivity contribution in [1.82, 2.24) is 0 Å². The summed E-state index contributed by atoms with van der Waals surface area (Å²) in [5.74, 6) is 0. The Kier molecular flexibility index (Phi) is 4.05. The van der Waals surface area contributed by atoms with Gasteiger partial charge >= 0.3 is 0 Å². The minimum Gasteiger partial charge on any atom is -0.382 e. The fourth-order valence-corrected chi connectivity index (χ4v) is 3.22. The summed E-state index contributed by atoms with van der Waals surface area (Å²) >= 11 is 3.63. The number of hydrogen-bond donors (Lipinski definition) is 1. The summed E-state index contributed by atoms with van der Waals surface area (Å²) in [5, 5.41) is 3.76. The normalized spacial score (nSPS) is 22.8. The van der Waals surface area contributed by atoms with Crippen LogP contribution in [0.3, 0.4) is 0 Å². The average molecular weight is 310 g/mol. The van der Waals surface area contributed by atoms with Crippen LogP contribution in [-0.2, 0) is 0 Å². The average Bonchev–Trinajstić information content (AvgIpc) is 2.28. The van der Waals surface area contributed by atoms with Crippen molar-refractivity contribution in [3.8, 4) is 0 Å². The Morgan fingerprint density at radius 2 is 1.78 bits per heavy atom. The van der Waals surface area contributed by atoms with Gasteiger partial charge in [-0.25, -0.2) is 0 Å². The molecule has 1 saturated carbocycles. The molecule has 1 aromatic rings. The smallest absolute Gasteiger partial charge is 0.0348 e. The van der Waals surface area contributed by atoms with Gasteiger partial charge in [-0.05, 0) is 55.4 Å². The van der Waals surface area contributed by atoms with Gasteiger partial charge in [0.1, 0.15) is 0 Å². The van der Waals surface area contributed by atoms with Gasteiger partial charge in [0.15, 0.2) is 0 Å². The van der Waals surface area contributed by atoms with E-state index < -0.39 is 0 Å². The number of benzene rings is 1. The Morgan fingerprint density at radius 3 is 2.33 bits per heavy atom. The van der Waals surface area contributed by atoms with Crippen LogP contribution in [0.5, 0.6) is 0 Å². The second kappa shape index (κ2) is 5.24. The molecule has 100 valence electrons. The summed E-state index contributed by atoms with van der Waals surface area (Å²) in [6.07, 6.45) is 5.36. The van der Waals surface area contributed by atoms with Gasteiger partial charge in [0, 0.05) is 16.2 Å². The van der Waals surface area contributed by atoms with E-state index in [4.69, 9.17) is 0 Å². The second-order valence-electron chi connectivity index (χ2n) is 6.36. The Balaban J connectivity index is 2.18. The predicted molar refractivity (Wildman–Crippen MR) is 83.3 cm³/mol. The van der Waals surface area contributed by atoms with Crippen molar-refractivity contribution < 1.29 is 0 Å². The SMILES string of the molecule is Cc1cc(NC2CCCCC2(C)C)cc(C)c1Br. The van der Waals surface area contributed by atoms with Crippen LogP contribution in [0.1, 0.15) is 50.7 Å². The molecule has 1 aliphatic rings. The van der Waals surface area contributed by atoms with E-state index in [1.807, 2.05) is 0 Å². The van der Waals surface area contributed by atoms with E-state index >= 15 is 0 Å². The number of hydrogen-bond acceptors (Lipinski definition) is 1. The number of rotatable bonds is 2. The van der Waals surface area contributed by atoms with Crippen molar-refractivity contribution >= 4 is 21.6 Å². The van der Waals surface area contributed by atoms with Crippen LogP contribution in [0, 0.1) is 19.3 Å². The maximum atomic E-state index is 3.76. The third kappa shape index (κ3) is 2.90. The minimum atomic E-state index is 0.410. The number of aryl methyl sites for hydroxylation is 2. The molecule has 0 bridgehead atoms. The molecule has 0 amide bonds. The van der Waals surface area contributed by atoms with Crippen molar-refractivity contribution in [2.75, 3.05) is 5.32 Å². The quantitative estimate of drug-likeness (QED) is 0.766. The van der Waals surface area contributed by atoms with Crippen LogP contribution in [0.25, 0.3) is 0 Å². The lowest BCUT2D eigenvalue weighted by Crippen LogP contribution is -2.38. The van der Waals surface area contributed by atoms with Gasteiger partial charge in [-0.2, -0.15) is 0 Å². The van der Waals surface area contributed by atoms with Crippen LogP contribution in [0.4, 0.5) is 5.69 Å². The first-order valence-electron chi connectivity index (χ1n) is 6.93. The molecule has 2 rings (SSSR count). The van der Waals surface area contributed by atoms with E-state index in [1.165, 1.54) is 47.0 Å². The van der Waals surface area contributed by atoms with Crippen LogP contribution in [0.2, 0.25) is 0 Å². The summed E-state index contributed by atoms with van der Waals surface area (Å²) in [7, 11) is 0. The fraction of sp³-hybridized carbons (Fsp3) is 0.625. The van der Waals surface area contributed by atoms with Crippen LogP contribution in [0.15, 0.2) is 16.6 Å². The first-order chi connectivity index (χ1) is 8.40. The number of halogens is 1. The number of anilines is 1. The highest BCUT2D eigenvalue weighted by molar-refractivity contribution is 9.10. The van der Waals surface area contributed by atoms with Crippen molar-refractivity contribution in [2.24, 2.45) is 5.41 Å². The molecule has 0 heterocycles. The Hall–Kier alpha value is -0.500. The molecule has 2 heteroatoms. The molecule has 0 aromatic heterocycles. The van der Waals surface area contributed by atoms with Crippen molar-refractivity contribution in [3.05, 3.63) is 27.7 Å². The molecule has 18 heavy (non-hydrogen) atoms. The van der Waals surface area contributed by atoms with E-state index in [-0.39, 0.29) is 0 Å². The van der Waals surface area contributed by atoms with Gasteiger partial charge in [0.05, 0.1) is 0 Å². The highest BCUT2D eigenvalue weighted by Gasteiger charge is 2.32. The van der Waals surface area contributed by atoms with Crippen molar-refractivity contribution in [2.45, 2.75) is 59.4 Å². The Morgan fingerprint density at radius 1 is 1.17 bits per heavy atom. The summed E-state index contributed by atoms with van der Waals surface area (Å²) < 4.78 is 1.23. The van der Waals surface area contributed by atoms with Gasteiger partial charge in [-0.1, -0.05) is 42.6 Å². The highest BCUT2D eigenvalue weighted by Crippen LogP contribution is 2.37. The van der Waals surface area contributed by atoms with E-state index in [0.717, 1.165) is 0 Å². The lowest BCUT2D eigenvalue weighted by Gasteiger charge is -2.39. The van der Waals surface area contributed by atoms with Crippen LogP contribution >= 0.6 is 15.9 Å². The molecule has 0 saturated heterocycles. The highest BCUT2D eigenvalue weighted by atomic mass is 79.9. The largest absolute Gasteiger partial charge is 0.382 e. The summed E-state index contributed by atoms with van der Waals surface area (Å²) in [6.45, 7) is 9.10. The zero-order valence-electron chi connectivity index (χ0n) is 11.9. The second-order valence-corrected chi connectivity index (χ2v) is 7.15. The lowest BCUT2D eigenvalue weighted by atomic mass is 9.73. The first-order valence-corrected chi connectivity index (χ1v) is 7.73. The number of nitrogens with one attached hydrogen (secondary N) is 1. The lowest BCUT2D eigenvalue weighted by molar-refractivity contribution is 0.217. The van der Waals surface area contributed by atoms with Gasteiger partial charge in [0.25, 0.3) is 0 Å². The molecule has 1 fully saturated rings. The molecule has 1 aromatic carbocycles. The molecule has 1 nitrogen and oxygen atoms in total. The zero-order chi connectivity index (χ0) is 13.3. The molecule has 1 atom stereocenters. The van der Waals surface area contributed by atoms with E-state index in [0.29, 0.717) is 11.5 Å².